The van der Waals surface area contributed by atoms with E-state index in [9.17, 15) is 0 Å². The lowest BCUT2D eigenvalue weighted by Crippen LogP contribution is -1.93. The predicted octanol–water partition coefficient (Wildman–Crippen LogP) is 4.64. The molecule has 0 amide bonds. The first kappa shape index (κ1) is 12.9. The van der Waals surface area contributed by atoms with Crippen LogP contribution in [-0.4, -0.2) is 9.97 Å². The van der Waals surface area contributed by atoms with Crippen LogP contribution >= 0.6 is 11.6 Å². The normalized spacial score (nSPS) is 10.7. The number of benzene rings is 2. The number of hydrogen-bond acceptors (Lipinski definition) is 3. The summed E-state index contributed by atoms with van der Waals surface area (Å²) < 4.78 is 5.84. The van der Waals surface area contributed by atoms with Crippen LogP contribution in [0.1, 0.15) is 12.5 Å². The van der Waals surface area contributed by atoms with Crippen LogP contribution in [0.5, 0.6) is 11.6 Å². The fourth-order valence-corrected chi connectivity index (χ4v) is 2.17. The quantitative estimate of drug-likeness (QED) is 0.657. The van der Waals surface area contributed by atoms with Crippen molar-refractivity contribution < 1.29 is 4.74 Å². The third-order valence-corrected chi connectivity index (χ3v) is 3.26. The molecule has 100 valence electrons. The van der Waals surface area contributed by atoms with Gasteiger partial charge in [0.2, 0.25) is 11.2 Å². The largest absolute Gasteiger partial charge is 0.438 e. The first-order valence-electron chi connectivity index (χ1n) is 6.45. The number of halogens is 1. The van der Waals surface area contributed by atoms with Crippen molar-refractivity contribution in [3.05, 3.63) is 59.4 Å². The van der Waals surface area contributed by atoms with Gasteiger partial charge in [-0.2, -0.15) is 4.98 Å². The minimum Gasteiger partial charge on any atom is -0.438 e. The molecule has 0 aliphatic heterocycles. The smallest absolute Gasteiger partial charge is 0.231 e. The Morgan fingerprint density at radius 3 is 2.50 bits per heavy atom. The fraction of sp³-hybridized carbons (Fsp3) is 0.125. The van der Waals surface area contributed by atoms with Gasteiger partial charge >= 0.3 is 0 Å². The topological polar surface area (TPSA) is 35.0 Å². The number of ether oxygens (including phenoxy) is 1. The van der Waals surface area contributed by atoms with E-state index in [-0.39, 0.29) is 5.28 Å². The van der Waals surface area contributed by atoms with Crippen molar-refractivity contribution in [1.29, 1.82) is 0 Å². The van der Waals surface area contributed by atoms with E-state index in [0.29, 0.717) is 5.88 Å². The summed E-state index contributed by atoms with van der Waals surface area (Å²) in [5, 5.41) is 1.03. The van der Waals surface area contributed by atoms with Crippen LogP contribution in [0, 0.1) is 0 Å². The molecular weight excluding hydrogens is 272 g/mol. The van der Waals surface area contributed by atoms with Crippen LogP contribution in [0.15, 0.2) is 48.5 Å². The lowest BCUT2D eigenvalue weighted by atomic mass is 10.2. The minimum absolute atomic E-state index is 0.184. The highest BCUT2D eigenvalue weighted by atomic mass is 35.5. The van der Waals surface area contributed by atoms with E-state index < -0.39 is 0 Å². The molecule has 0 fully saturated rings. The highest BCUT2D eigenvalue weighted by Crippen LogP contribution is 2.28. The third-order valence-electron chi connectivity index (χ3n) is 3.09. The Morgan fingerprint density at radius 2 is 1.75 bits per heavy atom. The monoisotopic (exact) mass is 284 g/mol. The van der Waals surface area contributed by atoms with Crippen LogP contribution in [0.3, 0.4) is 0 Å². The van der Waals surface area contributed by atoms with Crippen LogP contribution in [0.25, 0.3) is 10.9 Å². The van der Waals surface area contributed by atoms with Gasteiger partial charge in [0.05, 0.1) is 10.9 Å². The standard InChI is InChI=1S/C16H13ClN2O/c1-2-11-7-9-12(10-8-11)20-15-13-5-3-4-6-14(13)18-16(17)19-15/h3-10H,2H2,1H3. The highest BCUT2D eigenvalue weighted by molar-refractivity contribution is 6.28. The Labute approximate surface area is 122 Å². The molecular formula is C16H13ClN2O. The Morgan fingerprint density at radius 1 is 1.00 bits per heavy atom. The maximum atomic E-state index is 5.94. The molecule has 3 nitrogen and oxygen atoms in total. The predicted molar refractivity (Wildman–Crippen MR) is 80.4 cm³/mol. The van der Waals surface area contributed by atoms with Gasteiger partial charge in [-0.05, 0) is 47.9 Å². The van der Waals surface area contributed by atoms with Crippen LogP contribution < -0.4 is 4.74 Å². The molecule has 0 spiro atoms. The van der Waals surface area contributed by atoms with Crippen molar-refractivity contribution in [3.8, 4) is 11.6 Å². The van der Waals surface area contributed by atoms with Gasteiger partial charge in [-0.25, -0.2) is 4.98 Å². The molecule has 20 heavy (non-hydrogen) atoms. The van der Waals surface area contributed by atoms with Gasteiger partial charge in [-0.3, -0.25) is 0 Å². The Bertz CT molecular complexity index is 741. The van der Waals surface area contributed by atoms with E-state index in [4.69, 9.17) is 16.3 Å². The van der Waals surface area contributed by atoms with Crippen molar-refractivity contribution in [2.75, 3.05) is 0 Å². The second kappa shape index (κ2) is 5.47. The summed E-state index contributed by atoms with van der Waals surface area (Å²) in [6.45, 7) is 2.12. The molecule has 0 radical (unpaired) electrons. The third kappa shape index (κ3) is 2.58. The average Bonchev–Trinajstić information content (AvgIpc) is 2.48. The summed E-state index contributed by atoms with van der Waals surface area (Å²) in [6, 6.07) is 15.6. The van der Waals surface area contributed by atoms with Gasteiger partial charge in [0, 0.05) is 0 Å². The highest BCUT2D eigenvalue weighted by Gasteiger charge is 2.08. The van der Waals surface area contributed by atoms with Gasteiger partial charge in [0.1, 0.15) is 5.75 Å². The minimum atomic E-state index is 0.184. The van der Waals surface area contributed by atoms with E-state index in [0.717, 1.165) is 23.1 Å². The number of aromatic nitrogens is 2. The molecule has 3 aromatic rings. The van der Waals surface area contributed by atoms with Crippen LogP contribution in [0.2, 0.25) is 5.28 Å². The molecule has 0 aliphatic carbocycles. The number of nitrogens with zero attached hydrogens (tertiary/aromatic N) is 2. The van der Waals surface area contributed by atoms with Gasteiger partial charge in [0.15, 0.2) is 0 Å². The van der Waals surface area contributed by atoms with Crippen molar-refractivity contribution in [1.82, 2.24) is 9.97 Å². The molecule has 0 bridgehead atoms. The van der Waals surface area contributed by atoms with E-state index >= 15 is 0 Å². The maximum Gasteiger partial charge on any atom is 0.231 e. The molecule has 0 atom stereocenters. The lowest BCUT2D eigenvalue weighted by Gasteiger charge is -2.08. The van der Waals surface area contributed by atoms with Crippen molar-refractivity contribution >= 4 is 22.5 Å². The summed E-state index contributed by atoms with van der Waals surface area (Å²) in [5.74, 6) is 1.21. The number of aryl methyl sites for hydroxylation is 1. The van der Waals surface area contributed by atoms with E-state index in [2.05, 4.69) is 16.9 Å². The molecule has 0 saturated carbocycles. The number of rotatable bonds is 3. The second-order valence-electron chi connectivity index (χ2n) is 4.41. The zero-order valence-corrected chi connectivity index (χ0v) is 11.8. The van der Waals surface area contributed by atoms with Gasteiger partial charge < -0.3 is 4.74 Å². The molecule has 0 unspecified atom stereocenters. The van der Waals surface area contributed by atoms with Gasteiger partial charge in [0.25, 0.3) is 0 Å². The molecule has 4 heteroatoms. The van der Waals surface area contributed by atoms with E-state index in [1.807, 2.05) is 48.5 Å². The SMILES string of the molecule is CCc1ccc(Oc2nc(Cl)nc3ccccc23)cc1. The zero-order valence-electron chi connectivity index (χ0n) is 11.0. The number of hydrogen-bond donors (Lipinski definition) is 0. The van der Waals surface area contributed by atoms with E-state index in [1.165, 1.54) is 5.56 Å². The van der Waals surface area contributed by atoms with Gasteiger partial charge in [-0.15, -0.1) is 0 Å². The summed E-state index contributed by atoms with van der Waals surface area (Å²) in [7, 11) is 0. The van der Waals surface area contributed by atoms with E-state index in [1.54, 1.807) is 0 Å². The molecule has 3 rings (SSSR count). The van der Waals surface area contributed by atoms with Crippen molar-refractivity contribution in [3.63, 3.8) is 0 Å². The number of fused-ring (bicyclic) bond motifs is 1. The molecule has 1 aromatic heterocycles. The molecule has 2 aromatic carbocycles. The van der Waals surface area contributed by atoms with Crippen molar-refractivity contribution in [2.45, 2.75) is 13.3 Å². The summed E-state index contributed by atoms with van der Waals surface area (Å²) in [5.41, 5.74) is 2.04. The summed E-state index contributed by atoms with van der Waals surface area (Å²) >= 11 is 5.94. The van der Waals surface area contributed by atoms with Gasteiger partial charge in [-0.1, -0.05) is 31.2 Å². The Balaban J connectivity index is 2.01. The molecule has 0 N–H and O–H groups in total. The lowest BCUT2D eigenvalue weighted by molar-refractivity contribution is 0.468. The molecule has 1 heterocycles. The summed E-state index contributed by atoms with van der Waals surface area (Å²) in [6.07, 6.45) is 1.00. The Kier molecular flexibility index (Phi) is 3.52. The summed E-state index contributed by atoms with van der Waals surface area (Å²) in [4.78, 5) is 8.35. The zero-order chi connectivity index (χ0) is 13.9. The molecule has 0 saturated heterocycles. The van der Waals surface area contributed by atoms with Crippen LogP contribution in [0.4, 0.5) is 0 Å². The number of para-hydroxylation sites is 1. The maximum absolute atomic E-state index is 5.94. The fourth-order valence-electron chi connectivity index (χ4n) is 2.00. The van der Waals surface area contributed by atoms with Crippen LogP contribution in [-0.2, 0) is 6.42 Å². The first-order valence-corrected chi connectivity index (χ1v) is 6.83. The molecule has 0 aliphatic rings. The average molecular weight is 285 g/mol. The first-order chi connectivity index (χ1) is 9.76. The van der Waals surface area contributed by atoms with Crippen molar-refractivity contribution in [2.24, 2.45) is 0 Å². The second-order valence-corrected chi connectivity index (χ2v) is 4.75. The Hall–Kier alpha value is -2.13.